The summed E-state index contributed by atoms with van der Waals surface area (Å²) in [7, 11) is 0. The first-order valence-corrected chi connectivity index (χ1v) is 14.3. The van der Waals surface area contributed by atoms with Crippen molar-refractivity contribution in [3.8, 4) is 5.75 Å². The van der Waals surface area contributed by atoms with Gasteiger partial charge in [0.15, 0.2) is 0 Å². The van der Waals surface area contributed by atoms with E-state index in [2.05, 4.69) is 43.3 Å². The fourth-order valence-electron chi connectivity index (χ4n) is 5.97. The minimum absolute atomic E-state index is 0.231. The van der Waals surface area contributed by atoms with Crippen LogP contribution in [0.25, 0.3) is 0 Å². The van der Waals surface area contributed by atoms with Crippen molar-refractivity contribution < 1.29 is 31.1 Å². The van der Waals surface area contributed by atoms with E-state index < -0.39 is 35.3 Å². The van der Waals surface area contributed by atoms with E-state index in [1.165, 1.54) is 24.0 Å². The lowest BCUT2D eigenvalue weighted by molar-refractivity contribution is -0.223. The summed E-state index contributed by atoms with van der Waals surface area (Å²) in [6.07, 6.45) is 5.81. The van der Waals surface area contributed by atoms with Crippen LogP contribution in [-0.4, -0.2) is 6.11 Å². The second kappa shape index (κ2) is 12.8. The van der Waals surface area contributed by atoms with Crippen molar-refractivity contribution in [3.63, 3.8) is 0 Å². The molecule has 0 saturated heterocycles. The topological polar surface area (TPSA) is 9.23 Å². The number of hydrogen-bond donors (Lipinski definition) is 0. The van der Waals surface area contributed by atoms with Crippen LogP contribution in [0.5, 0.6) is 5.75 Å². The van der Waals surface area contributed by atoms with Gasteiger partial charge in [0.25, 0.3) is 0 Å². The van der Waals surface area contributed by atoms with Crippen LogP contribution >= 0.6 is 0 Å². The van der Waals surface area contributed by atoms with Crippen LogP contribution in [0.2, 0.25) is 0 Å². The normalized spacial score (nSPS) is 24.7. The highest BCUT2D eigenvalue weighted by Gasteiger charge is 2.44. The molecule has 2 saturated carbocycles. The molecule has 0 atom stereocenters. The largest absolute Gasteiger partial charge is 0.432 e. The summed E-state index contributed by atoms with van der Waals surface area (Å²) in [5, 5.41) is 0. The van der Waals surface area contributed by atoms with E-state index >= 15 is 0 Å². The van der Waals surface area contributed by atoms with Crippen molar-refractivity contribution in [2.45, 2.75) is 95.8 Å². The Morgan fingerprint density at radius 3 is 1.92 bits per heavy atom. The van der Waals surface area contributed by atoms with Gasteiger partial charge in [-0.1, -0.05) is 49.8 Å². The molecule has 0 spiro atoms. The number of allylic oxidation sites excluding steroid dienone is 2. The van der Waals surface area contributed by atoms with Crippen molar-refractivity contribution in [1.29, 1.82) is 0 Å². The highest BCUT2D eigenvalue weighted by Crippen LogP contribution is 2.42. The lowest BCUT2D eigenvalue weighted by Gasteiger charge is -2.33. The average molecular weight is 553 g/mol. The first-order chi connectivity index (χ1) is 18.5. The second-order valence-corrected chi connectivity index (χ2v) is 11.3. The Morgan fingerprint density at radius 1 is 0.795 bits per heavy atom. The predicted molar refractivity (Wildman–Crippen MR) is 141 cm³/mol. The number of rotatable bonds is 9. The van der Waals surface area contributed by atoms with Gasteiger partial charge in [0, 0.05) is 6.07 Å². The molecule has 0 heterocycles. The van der Waals surface area contributed by atoms with Gasteiger partial charge in [0.2, 0.25) is 0 Å². The molecule has 4 rings (SSSR count). The zero-order valence-corrected chi connectivity index (χ0v) is 22.5. The first-order valence-electron chi connectivity index (χ1n) is 14.3. The van der Waals surface area contributed by atoms with Crippen LogP contribution in [0.15, 0.2) is 54.6 Å². The van der Waals surface area contributed by atoms with Crippen molar-refractivity contribution in [2.24, 2.45) is 17.8 Å². The average Bonchev–Trinajstić information content (AvgIpc) is 2.91. The van der Waals surface area contributed by atoms with E-state index in [1.807, 2.05) is 0 Å². The summed E-state index contributed by atoms with van der Waals surface area (Å²) in [5.41, 5.74) is 1.33. The molecule has 2 aliphatic rings. The van der Waals surface area contributed by atoms with E-state index in [4.69, 9.17) is 4.74 Å². The molecule has 2 aliphatic carbocycles. The van der Waals surface area contributed by atoms with Gasteiger partial charge < -0.3 is 4.74 Å². The van der Waals surface area contributed by atoms with E-state index in [-0.39, 0.29) is 18.8 Å². The second-order valence-electron chi connectivity index (χ2n) is 11.3. The summed E-state index contributed by atoms with van der Waals surface area (Å²) < 4.78 is 86.1. The third-order valence-electron chi connectivity index (χ3n) is 8.44. The Labute approximate surface area is 227 Å². The Hall–Kier alpha value is -2.44. The van der Waals surface area contributed by atoms with E-state index in [1.54, 1.807) is 0 Å². The molecule has 2 aromatic carbocycles. The Bertz CT molecular complexity index is 1070. The molecule has 0 N–H and O–H groups in total. The molecule has 0 unspecified atom stereocenters. The Balaban J connectivity index is 1.21. The van der Waals surface area contributed by atoms with Gasteiger partial charge in [-0.25, -0.2) is 4.39 Å². The molecule has 1 nitrogen and oxygen atoms in total. The molecule has 0 bridgehead atoms. The number of alkyl halides is 5. The molecule has 0 aromatic heterocycles. The SMILES string of the molecule is CCCCc1ccc(C2CCC(/C=C/C3CCC(C(F)(F)Oc4ccc(C(F)(F)F)c(F)c4)CC3)CC2)cc1. The monoisotopic (exact) mass is 552 g/mol. The highest BCUT2D eigenvalue weighted by atomic mass is 19.4. The van der Waals surface area contributed by atoms with Gasteiger partial charge in [0.05, 0.1) is 11.5 Å². The van der Waals surface area contributed by atoms with Crippen LogP contribution in [0, 0.1) is 23.6 Å². The van der Waals surface area contributed by atoms with Crippen LogP contribution < -0.4 is 4.74 Å². The lowest BCUT2D eigenvalue weighted by atomic mass is 9.77. The number of hydrogen-bond acceptors (Lipinski definition) is 1. The maximum Gasteiger partial charge on any atom is 0.419 e. The molecule has 7 heteroatoms. The number of benzene rings is 2. The molecule has 0 amide bonds. The van der Waals surface area contributed by atoms with E-state index in [0.29, 0.717) is 36.8 Å². The van der Waals surface area contributed by atoms with Crippen molar-refractivity contribution in [2.75, 3.05) is 0 Å². The Kier molecular flexibility index (Phi) is 9.71. The van der Waals surface area contributed by atoms with Crippen molar-refractivity contribution in [1.82, 2.24) is 0 Å². The standard InChI is InChI=1S/C32H38F6O/c1-2-3-4-22-7-13-25(14-8-22)26-15-9-23(10-16-26)5-6-24-11-17-27(18-12-24)32(37,38)39-28-19-20-29(30(33)21-28)31(34,35)36/h5-8,13-14,19-21,23-24,26-27H,2-4,9-12,15-18H2,1H3/b6-5+. The van der Waals surface area contributed by atoms with Crippen molar-refractivity contribution in [3.05, 3.63) is 77.1 Å². The van der Waals surface area contributed by atoms with Gasteiger partial charge in [-0.05, 0) is 105 Å². The fraction of sp³-hybridized carbons (Fsp3) is 0.562. The molecule has 2 aromatic rings. The molecular weight excluding hydrogens is 514 g/mol. The molecule has 214 valence electrons. The maximum absolute atomic E-state index is 14.7. The lowest BCUT2D eigenvalue weighted by Crippen LogP contribution is -2.37. The Morgan fingerprint density at radius 2 is 1.38 bits per heavy atom. The maximum atomic E-state index is 14.7. The summed E-state index contributed by atoms with van der Waals surface area (Å²) in [6.45, 7) is 2.21. The summed E-state index contributed by atoms with van der Waals surface area (Å²) in [4.78, 5) is 0. The smallest absolute Gasteiger partial charge is 0.419 e. The van der Waals surface area contributed by atoms with Gasteiger partial charge in [-0.15, -0.1) is 0 Å². The van der Waals surface area contributed by atoms with Crippen LogP contribution in [-0.2, 0) is 12.6 Å². The minimum atomic E-state index is -4.89. The zero-order valence-electron chi connectivity index (χ0n) is 22.5. The number of halogens is 6. The summed E-state index contributed by atoms with van der Waals surface area (Å²) in [5.74, 6) is -1.94. The van der Waals surface area contributed by atoms with Gasteiger partial charge in [0.1, 0.15) is 11.6 Å². The van der Waals surface area contributed by atoms with Crippen LogP contribution in [0.4, 0.5) is 26.3 Å². The van der Waals surface area contributed by atoms with Gasteiger partial charge >= 0.3 is 12.3 Å². The third kappa shape index (κ3) is 8.04. The van der Waals surface area contributed by atoms with E-state index in [0.717, 1.165) is 38.2 Å². The summed E-state index contributed by atoms with van der Waals surface area (Å²) >= 11 is 0. The summed E-state index contributed by atoms with van der Waals surface area (Å²) in [6, 6.07) is 10.7. The van der Waals surface area contributed by atoms with Crippen molar-refractivity contribution >= 4 is 0 Å². The molecule has 39 heavy (non-hydrogen) atoms. The predicted octanol–water partition coefficient (Wildman–Crippen LogP) is 10.5. The first kappa shape index (κ1) is 29.5. The zero-order chi connectivity index (χ0) is 28.0. The third-order valence-corrected chi connectivity index (χ3v) is 8.44. The molecular formula is C32H38F6O. The fourth-order valence-corrected chi connectivity index (χ4v) is 5.97. The quantitative estimate of drug-likeness (QED) is 0.222. The van der Waals surface area contributed by atoms with Gasteiger partial charge in [-0.2, -0.15) is 22.0 Å². The minimum Gasteiger partial charge on any atom is -0.432 e. The van der Waals surface area contributed by atoms with Crippen LogP contribution in [0.3, 0.4) is 0 Å². The molecule has 0 aliphatic heterocycles. The molecule has 0 radical (unpaired) electrons. The number of ether oxygens (including phenoxy) is 1. The number of unbranched alkanes of at least 4 members (excludes halogenated alkanes) is 1. The van der Waals surface area contributed by atoms with Gasteiger partial charge in [-0.3, -0.25) is 0 Å². The molecule has 2 fully saturated rings. The van der Waals surface area contributed by atoms with E-state index in [9.17, 15) is 26.3 Å². The highest BCUT2D eigenvalue weighted by molar-refractivity contribution is 5.31. The van der Waals surface area contributed by atoms with Crippen LogP contribution in [0.1, 0.15) is 93.7 Å². The number of aryl methyl sites for hydroxylation is 1.